The Hall–Kier alpha value is -0.320. The van der Waals surface area contributed by atoms with Crippen molar-refractivity contribution in [2.45, 2.75) is 43.4 Å². The number of hydrogen-bond donors (Lipinski definition) is 6. The highest BCUT2D eigenvalue weighted by atomic mass is 16.7. The van der Waals surface area contributed by atoms with Gasteiger partial charge in [0.05, 0.1) is 13.2 Å². The Morgan fingerprint density at radius 1 is 1.06 bits per heavy atom. The molecule has 1 saturated heterocycles. The molecule has 1 aliphatic heterocycles. The predicted molar refractivity (Wildman–Crippen MR) is 52.6 cm³/mol. The van der Waals surface area contributed by atoms with E-state index >= 15 is 0 Å². The van der Waals surface area contributed by atoms with Gasteiger partial charge in [-0.1, -0.05) is 0 Å². The van der Waals surface area contributed by atoms with Crippen molar-refractivity contribution in [1.29, 1.82) is 0 Å². The van der Waals surface area contributed by atoms with E-state index in [1.165, 1.54) is 0 Å². The first-order chi connectivity index (χ1) is 7.97. The summed E-state index contributed by atoms with van der Waals surface area (Å²) in [5, 5.41) is 54.4. The maximum absolute atomic E-state index is 9.52. The van der Waals surface area contributed by atoms with Gasteiger partial charge in [0, 0.05) is 6.42 Å². The Bertz CT molecular complexity index is 221. The summed E-state index contributed by atoms with van der Waals surface area (Å²) < 4.78 is 10.00. The monoisotopic (exact) mass is 254 g/mol. The van der Waals surface area contributed by atoms with Gasteiger partial charge < -0.3 is 40.1 Å². The smallest absolute Gasteiger partial charge is 0.186 e. The molecule has 5 atom stereocenters. The first-order valence-electron chi connectivity index (χ1n) is 5.25. The van der Waals surface area contributed by atoms with Crippen LogP contribution in [-0.2, 0) is 9.47 Å². The summed E-state index contributed by atoms with van der Waals surface area (Å²) in [7, 11) is 0. The quantitative estimate of drug-likeness (QED) is 0.278. The molecule has 0 bridgehead atoms. The number of rotatable bonds is 5. The van der Waals surface area contributed by atoms with E-state index in [1.807, 2.05) is 0 Å². The highest BCUT2D eigenvalue weighted by Gasteiger charge is 2.43. The van der Waals surface area contributed by atoms with Crippen molar-refractivity contribution in [2.24, 2.45) is 0 Å². The predicted octanol–water partition coefficient (Wildman–Crippen LogP) is -3.50. The zero-order valence-electron chi connectivity index (χ0n) is 9.09. The standard InChI is InChI=1S/C9H18O8/c10-3-4-6(13)7(14)8(15)9(17-4)16-2-1-5(11)12/h4-15H,1-3H2/t4-,6-,7+,8-,9?/m1/s1. The van der Waals surface area contributed by atoms with Gasteiger partial charge in [0.25, 0.3) is 0 Å². The Morgan fingerprint density at radius 2 is 1.71 bits per heavy atom. The molecule has 0 aromatic carbocycles. The molecule has 0 radical (unpaired) electrons. The van der Waals surface area contributed by atoms with E-state index in [1.54, 1.807) is 0 Å². The molecule has 0 spiro atoms. The van der Waals surface area contributed by atoms with Crippen LogP contribution in [0.2, 0.25) is 0 Å². The number of aliphatic hydroxyl groups excluding tert-OH is 5. The highest BCUT2D eigenvalue weighted by molar-refractivity contribution is 4.88. The summed E-state index contributed by atoms with van der Waals surface area (Å²) in [6.07, 6.45) is -8.29. The van der Waals surface area contributed by atoms with Crippen molar-refractivity contribution < 1.29 is 40.1 Å². The summed E-state index contributed by atoms with van der Waals surface area (Å²) in [6.45, 7) is -0.645. The SMILES string of the molecule is OC[C@H]1OC(OCCC(O)O)[C@H](O)[C@@H](O)[C@@H]1O. The van der Waals surface area contributed by atoms with Crippen LogP contribution in [0, 0.1) is 0 Å². The van der Waals surface area contributed by atoms with Gasteiger partial charge in [-0.3, -0.25) is 0 Å². The normalized spacial score (nSPS) is 38.6. The van der Waals surface area contributed by atoms with Crippen molar-refractivity contribution in [3.63, 3.8) is 0 Å². The molecule has 1 aliphatic rings. The molecule has 102 valence electrons. The van der Waals surface area contributed by atoms with Crippen LogP contribution in [0.25, 0.3) is 0 Å². The molecule has 1 rings (SSSR count). The highest BCUT2D eigenvalue weighted by Crippen LogP contribution is 2.21. The second-order valence-electron chi connectivity index (χ2n) is 3.84. The van der Waals surface area contributed by atoms with Crippen LogP contribution >= 0.6 is 0 Å². The Kier molecular flexibility index (Phi) is 5.70. The van der Waals surface area contributed by atoms with Gasteiger partial charge in [-0.05, 0) is 0 Å². The molecule has 8 heteroatoms. The van der Waals surface area contributed by atoms with Crippen molar-refractivity contribution in [3.05, 3.63) is 0 Å². The van der Waals surface area contributed by atoms with Crippen LogP contribution in [0.1, 0.15) is 6.42 Å². The van der Waals surface area contributed by atoms with Gasteiger partial charge >= 0.3 is 0 Å². The summed E-state index contributed by atoms with van der Waals surface area (Å²) in [5.74, 6) is 0. The molecular weight excluding hydrogens is 236 g/mol. The Morgan fingerprint density at radius 3 is 2.24 bits per heavy atom. The van der Waals surface area contributed by atoms with Crippen molar-refractivity contribution in [3.8, 4) is 0 Å². The number of ether oxygens (including phenoxy) is 2. The van der Waals surface area contributed by atoms with E-state index in [9.17, 15) is 15.3 Å². The molecule has 8 nitrogen and oxygen atoms in total. The van der Waals surface area contributed by atoms with Crippen molar-refractivity contribution in [1.82, 2.24) is 0 Å². The summed E-state index contributed by atoms with van der Waals surface area (Å²) >= 11 is 0. The van der Waals surface area contributed by atoms with E-state index < -0.39 is 43.6 Å². The molecule has 0 amide bonds. The molecule has 1 heterocycles. The lowest BCUT2D eigenvalue weighted by Crippen LogP contribution is -2.59. The molecule has 17 heavy (non-hydrogen) atoms. The minimum atomic E-state index is -1.54. The fourth-order valence-corrected chi connectivity index (χ4v) is 1.49. The second kappa shape index (κ2) is 6.57. The topological polar surface area (TPSA) is 140 Å². The molecule has 0 saturated carbocycles. The molecule has 1 unspecified atom stereocenters. The Balaban J connectivity index is 2.47. The van der Waals surface area contributed by atoms with E-state index in [-0.39, 0.29) is 13.0 Å². The lowest BCUT2D eigenvalue weighted by atomic mass is 9.99. The molecule has 0 aromatic heterocycles. The van der Waals surface area contributed by atoms with Gasteiger partial charge in [-0.2, -0.15) is 0 Å². The van der Waals surface area contributed by atoms with E-state index in [0.717, 1.165) is 0 Å². The molecule has 0 aromatic rings. The van der Waals surface area contributed by atoms with Gasteiger partial charge in [0.15, 0.2) is 12.6 Å². The van der Waals surface area contributed by atoms with E-state index in [4.69, 9.17) is 24.8 Å². The van der Waals surface area contributed by atoms with Crippen LogP contribution in [0.5, 0.6) is 0 Å². The van der Waals surface area contributed by atoms with Crippen molar-refractivity contribution >= 4 is 0 Å². The Labute approximate surface area is 97.6 Å². The maximum Gasteiger partial charge on any atom is 0.186 e. The third kappa shape index (κ3) is 3.83. The van der Waals surface area contributed by atoms with Crippen LogP contribution in [-0.4, -0.2) is 80.8 Å². The van der Waals surface area contributed by atoms with Gasteiger partial charge in [-0.15, -0.1) is 0 Å². The summed E-state index contributed by atoms with van der Waals surface area (Å²) in [5.41, 5.74) is 0. The van der Waals surface area contributed by atoms with Crippen LogP contribution in [0.3, 0.4) is 0 Å². The first kappa shape index (κ1) is 14.7. The molecule has 1 fully saturated rings. The molecule has 0 aliphatic carbocycles. The minimum absolute atomic E-state index is 0.0883. The van der Waals surface area contributed by atoms with E-state index in [2.05, 4.69) is 0 Å². The fraction of sp³-hybridized carbons (Fsp3) is 1.00. The summed E-state index contributed by atoms with van der Waals surface area (Å²) in [4.78, 5) is 0. The fourth-order valence-electron chi connectivity index (χ4n) is 1.49. The van der Waals surface area contributed by atoms with Crippen LogP contribution in [0.15, 0.2) is 0 Å². The number of hydrogen-bond acceptors (Lipinski definition) is 8. The largest absolute Gasteiger partial charge is 0.394 e. The van der Waals surface area contributed by atoms with Gasteiger partial charge in [0.2, 0.25) is 0 Å². The van der Waals surface area contributed by atoms with Crippen LogP contribution in [0.4, 0.5) is 0 Å². The third-order valence-corrected chi connectivity index (χ3v) is 2.51. The van der Waals surface area contributed by atoms with Crippen molar-refractivity contribution in [2.75, 3.05) is 13.2 Å². The molecular formula is C9H18O8. The minimum Gasteiger partial charge on any atom is -0.394 e. The second-order valence-corrected chi connectivity index (χ2v) is 3.84. The number of aliphatic hydroxyl groups is 6. The first-order valence-corrected chi connectivity index (χ1v) is 5.25. The average Bonchev–Trinajstić information content (AvgIpc) is 2.29. The van der Waals surface area contributed by atoms with Gasteiger partial charge in [-0.25, -0.2) is 0 Å². The summed E-state index contributed by atoms with van der Waals surface area (Å²) in [6, 6.07) is 0. The maximum atomic E-state index is 9.52. The zero-order chi connectivity index (χ0) is 13.0. The molecule has 6 N–H and O–H groups in total. The third-order valence-electron chi connectivity index (χ3n) is 2.51. The zero-order valence-corrected chi connectivity index (χ0v) is 9.09. The van der Waals surface area contributed by atoms with E-state index in [0.29, 0.717) is 0 Å². The average molecular weight is 254 g/mol. The van der Waals surface area contributed by atoms with Crippen LogP contribution < -0.4 is 0 Å². The van der Waals surface area contributed by atoms with Gasteiger partial charge in [0.1, 0.15) is 24.4 Å². The lowest BCUT2D eigenvalue weighted by molar-refractivity contribution is -0.302. The lowest BCUT2D eigenvalue weighted by Gasteiger charge is -2.39.